The monoisotopic (exact) mass is 360 g/mol. The van der Waals surface area contributed by atoms with Crippen molar-refractivity contribution in [3.05, 3.63) is 52.2 Å². The number of likely N-dealkylation sites (N-methyl/N-ethyl adjacent to an activating group) is 1. The van der Waals surface area contributed by atoms with E-state index >= 15 is 0 Å². The van der Waals surface area contributed by atoms with Gasteiger partial charge in [0.15, 0.2) is 6.61 Å². The number of nitrogens with zero attached hydrogens (tertiary/aromatic N) is 1. The van der Waals surface area contributed by atoms with E-state index in [4.69, 9.17) is 4.74 Å². The number of amides is 2. The smallest absolute Gasteiger partial charge is 0.260 e. The summed E-state index contributed by atoms with van der Waals surface area (Å²) in [6.45, 7) is 4.84. The molecular formula is C19H24N2O3S. The number of aryl methyl sites for hydroxylation is 1. The lowest BCUT2D eigenvalue weighted by Crippen LogP contribution is -2.42. The van der Waals surface area contributed by atoms with Crippen LogP contribution in [0.15, 0.2) is 41.8 Å². The zero-order valence-electron chi connectivity index (χ0n) is 14.7. The quantitative estimate of drug-likeness (QED) is 0.748. The maximum Gasteiger partial charge on any atom is 0.260 e. The van der Waals surface area contributed by atoms with Crippen LogP contribution in [0.25, 0.3) is 0 Å². The Labute approximate surface area is 152 Å². The molecule has 5 nitrogen and oxygen atoms in total. The van der Waals surface area contributed by atoms with Crippen LogP contribution in [0.5, 0.6) is 5.75 Å². The molecule has 25 heavy (non-hydrogen) atoms. The molecule has 6 heteroatoms. The molecule has 2 rings (SSSR count). The van der Waals surface area contributed by atoms with Crippen LogP contribution in [0.4, 0.5) is 0 Å². The van der Waals surface area contributed by atoms with E-state index in [1.807, 2.05) is 48.7 Å². The predicted octanol–water partition coefficient (Wildman–Crippen LogP) is 2.85. The molecule has 0 saturated heterocycles. The normalized spacial score (nSPS) is 10.3. The molecule has 0 fully saturated rings. The average Bonchev–Trinajstić information content (AvgIpc) is 3.16. The van der Waals surface area contributed by atoms with Gasteiger partial charge in [-0.05, 0) is 42.5 Å². The average molecular weight is 360 g/mol. The largest absolute Gasteiger partial charge is 0.484 e. The number of carbonyl (C=O) groups is 2. The maximum absolute atomic E-state index is 12.3. The highest BCUT2D eigenvalue weighted by Crippen LogP contribution is 2.13. The standard InChI is InChI=1S/C19H24N2O3S/c1-3-15-7-5-8-16(11-15)24-14-19(23)21(4-2)13-18(22)20-12-17-9-6-10-25-17/h5-11H,3-4,12-14H2,1-2H3,(H,20,22). The second-order valence-electron chi connectivity index (χ2n) is 5.55. The highest BCUT2D eigenvalue weighted by molar-refractivity contribution is 7.09. The van der Waals surface area contributed by atoms with Gasteiger partial charge >= 0.3 is 0 Å². The summed E-state index contributed by atoms with van der Waals surface area (Å²) in [5.41, 5.74) is 1.16. The Bertz CT molecular complexity index is 686. The van der Waals surface area contributed by atoms with Gasteiger partial charge in [-0.15, -0.1) is 11.3 Å². The minimum absolute atomic E-state index is 0.0407. The lowest BCUT2D eigenvalue weighted by atomic mass is 10.2. The number of ether oxygens (including phenoxy) is 1. The number of benzene rings is 1. The van der Waals surface area contributed by atoms with Crippen LogP contribution in [-0.4, -0.2) is 36.4 Å². The van der Waals surface area contributed by atoms with E-state index in [-0.39, 0.29) is 25.0 Å². The Morgan fingerprint density at radius 1 is 1.20 bits per heavy atom. The highest BCUT2D eigenvalue weighted by Gasteiger charge is 2.16. The van der Waals surface area contributed by atoms with Gasteiger partial charge in [0.2, 0.25) is 5.91 Å². The van der Waals surface area contributed by atoms with Gasteiger partial charge in [0.05, 0.1) is 13.1 Å². The molecule has 1 heterocycles. The molecular weight excluding hydrogens is 336 g/mol. The van der Waals surface area contributed by atoms with E-state index in [0.717, 1.165) is 16.9 Å². The Hall–Kier alpha value is -2.34. The van der Waals surface area contributed by atoms with Crippen molar-refractivity contribution in [3.8, 4) is 5.75 Å². The Balaban J connectivity index is 1.79. The summed E-state index contributed by atoms with van der Waals surface area (Å²) in [6.07, 6.45) is 0.913. The lowest BCUT2D eigenvalue weighted by Gasteiger charge is -2.20. The highest BCUT2D eigenvalue weighted by atomic mass is 32.1. The summed E-state index contributed by atoms with van der Waals surface area (Å²) in [7, 11) is 0. The van der Waals surface area contributed by atoms with E-state index < -0.39 is 0 Å². The third-order valence-electron chi connectivity index (χ3n) is 3.78. The van der Waals surface area contributed by atoms with Gasteiger partial charge in [0.25, 0.3) is 5.91 Å². The van der Waals surface area contributed by atoms with Gasteiger partial charge in [0.1, 0.15) is 5.75 Å². The van der Waals surface area contributed by atoms with Crippen molar-refractivity contribution in [1.82, 2.24) is 10.2 Å². The Morgan fingerprint density at radius 3 is 2.72 bits per heavy atom. The molecule has 0 atom stereocenters. The second kappa shape index (κ2) is 9.84. The summed E-state index contributed by atoms with van der Waals surface area (Å²) in [5, 5.41) is 4.80. The van der Waals surface area contributed by atoms with Crippen LogP contribution < -0.4 is 10.1 Å². The minimum Gasteiger partial charge on any atom is -0.484 e. The molecule has 0 bridgehead atoms. The number of hydrogen-bond acceptors (Lipinski definition) is 4. The van der Waals surface area contributed by atoms with Crippen LogP contribution >= 0.6 is 11.3 Å². The van der Waals surface area contributed by atoms with Crippen LogP contribution in [0.2, 0.25) is 0 Å². The molecule has 1 N–H and O–H groups in total. The topological polar surface area (TPSA) is 58.6 Å². The molecule has 1 aromatic carbocycles. The number of nitrogens with one attached hydrogen (secondary N) is 1. The summed E-state index contributed by atoms with van der Waals surface area (Å²) in [4.78, 5) is 26.9. The summed E-state index contributed by atoms with van der Waals surface area (Å²) in [6, 6.07) is 11.6. The third kappa shape index (κ3) is 6.23. The molecule has 2 aromatic rings. The van der Waals surface area contributed by atoms with E-state index in [0.29, 0.717) is 18.8 Å². The fourth-order valence-corrected chi connectivity index (χ4v) is 2.94. The van der Waals surface area contributed by atoms with E-state index in [9.17, 15) is 9.59 Å². The van der Waals surface area contributed by atoms with E-state index in [1.165, 1.54) is 4.90 Å². The van der Waals surface area contributed by atoms with Crippen LogP contribution in [0.1, 0.15) is 24.3 Å². The van der Waals surface area contributed by atoms with Crippen LogP contribution in [0, 0.1) is 0 Å². The van der Waals surface area contributed by atoms with Gasteiger partial charge in [-0.3, -0.25) is 9.59 Å². The molecule has 2 amide bonds. The first-order chi connectivity index (χ1) is 12.1. The molecule has 0 spiro atoms. The van der Waals surface area contributed by atoms with Gasteiger partial charge in [-0.25, -0.2) is 0 Å². The Kier molecular flexibility index (Phi) is 7.47. The summed E-state index contributed by atoms with van der Waals surface area (Å²) >= 11 is 1.59. The first-order valence-electron chi connectivity index (χ1n) is 8.41. The lowest BCUT2D eigenvalue weighted by molar-refractivity contribution is -0.137. The predicted molar refractivity (Wildman–Crippen MR) is 99.7 cm³/mol. The number of hydrogen-bond donors (Lipinski definition) is 1. The van der Waals surface area contributed by atoms with Crippen molar-refractivity contribution < 1.29 is 14.3 Å². The van der Waals surface area contributed by atoms with Crippen LogP contribution in [-0.2, 0) is 22.6 Å². The van der Waals surface area contributed by atoms with E-state index in [2.05, 4.69) is 12.2 Å². The molecule has 0 aliphatic heterocycles. The fourth-order valence-electron chi connectivity index (χ4n) is 2.30. The summed E-state index contributed by atoms with van der Waals surface area (Å²) < 4.78 is 5.57. The molecule has 0 aliphatic rings. The van der Waals surface area contributed by atoms with Crippen molar-refractivity contribution in [2.75, 3.05) is 19.7 Å². The van der Waals surface area contributed by atoms with Gasteiger partial charge in [-0.1, -0.05) is 25.1 Å². The minimum atomic E-state index is -0.198. The van der Waals surface area contributed by atoms with Gasteiger partial charge < -0.3 is 15.0 Å². The second-order valence-corrected chi connectivity index (χ2v) is 6.59. The zero-order chi connectivity index (χ0) is 18.1. The SMILES string of the molecule is CCc1cccc(OCC(=O)N(CC)CC(=O)NCc2cccs2)c1. The Morgan fingerprint density at radius 2 is 2.04 bits per heavy atom. The molecule has 0 aliphatic carbocycles. The number of carbonyl (C=O) groups excluding carboxylic acids is 2. The van der Waals surface area contributed by atoms with E-state index in [1.54, 1.807) is 11.3 Å². The molecule has 0 saturated carbocycles. The zero-order valence-corrected chi connectivity index (χ0v) is 15.5. The van der Waals surface area contributed by atoms with Crippen LogP contribution in [0.3, 0.4) is 0 Å². The molecule has 1 aromatic heterocycles. The first-order valence-corrected chi connectivity index (χ1v) is 9.29. The number of rotatable bonds is 9. The van der Waals surface area contributed by atoms with Crippen molar-refractivity contribution in [2.45, 2.75) is 26.8 Å². The first kappa shape index (κ1) is 19.0. The van der Waals surface area contributed by atoms with Crippen molar-refractivity contribution in [1.29, 1.82) is 0 Å². The molecule has 0 radical (unpaired) electrons. The van der Waals surface area contributed by atoms with Crippen molar-refractivity contribution in [2.24, 2.45) is 0 Å². The maximum atomic E-state index is 12.3. The molecule has 0 unspecified atom stereocenters. The van der Waals surface area contributed by atoms with Crippen molar-refractivity contribution in [3.63, 3.8) is 0 Å². The summed E-state index contributed by atoms with van der Waals surface area (Å²) in [5.74, 6) is 0.304. The van der Waals surface area contributed by atoms with Gasteiger partial charge in [-0.2, -0.15) is 0 Å². The fraction of sp³-hybridized carbons (Fsp3) is 0.368. The van der Waals surface area contributed by atoms with Gasteiger partial charge in [0, 0.05) is 11.4 Å². The third-order valence-corrected chi connectivity index (χ3v) is 4.65. The van der Waals surface area contributed by atoms with Crippen molar-refractivity contribution >= 4 is 23.2 Å². The number of thiophene rings is 1. The molecule has 134 valence electrons.